The summed E-state index contributed by atoms with van der Waals surface area (Å²) >= 11 is 6.08. The summed E-state index contributed by atoms with van der Waals surface area (Å²) in [6, 6.07) is 6.15. The largest absolute Gasteiger partial charge is 0.313 e. The Morgan fingerprint density at radius 1 is 1.39 bits per heavy atom. The lowest BCUT2D eigenvalue weighted by Crippen LogP contribution is -2.19. The Labute approximate surface area is 111 Å². The van der Waals surface area contributed by atoms with Gasteiger partial charge in [-0.3, -0.25) is 0 Å². The van der Waals surface area contributed by atoms with Gasteiger partial charge in [-0.25, -0.2) is 0 Å². The van der Waals surface area contributed by atoms with E-state index in [1.54, 1.807) is 7.05 Å². The minimum Gasteiger partial charge on any atom is -0.313 e. The molecular formula is C12H16ClN5. The number of benzene rings is 1. The molecule has 0 aliphatic heterocycles. The molecule has 1 N–H and O–H groups in total. The minimum atomic E-state index is 0.131. The van der Waals surface area contributed by atoms with Crippen molar-refractivity contribution < 1.29 is 0 Å². The van der Waals surface area contributed by atoms with Crippen LogP contribution in [0.25, 0.3) is 0 Å². The van der Waals surface area contributed by atoms with Gasteiger partial charge in [-0.1, -0.05) is 17.7 Å². The maximum absolute atomic E-state index is 6.08. The van der Waals surface area contributed by atoms with Gasteiger partial charge in [0.25, 0.3) is 0 Å². The molecule has 6 heteroatoms. The third kappa shape index (κ3) is 3.05. The molecule has 18 heavy (non-hydrogen) atoms. The molecule has 0 aliphatic rings. The van der Waals surface area contributed by atoms with E-state index in [1.165, 1.54) is 4.80 Å². The van der Waals surface area contributed by atoms with E-state index in [-0.39, 0.29) is 6.04 Å². The number of rotatable bonds is 4. The number of hydrogen-bond donors (Lipinski definition) is 1. The van der Waals surface area contributed by atoms with Gasteiger partial charge in [-0.15, -0.1) is 10.2 Å². The van der Waals surface area contributed by atoms with Gasteiger partial charge < -0.3 is 5.32 Å². The molecular weight excluding hydrogens is 250 g/mol. The van der Waals surface area contributed by atoms with Crippen molar-refractivity contribution in [1.82, 2.24) is 25.5 Å². The summed E-state index contributed by atoms with van der Waals surface area (Å²) in [7, 11) is 3.67. The van der Waals surface area contributed by atoms with Crippen LogP contribution in [-0.4, -0.2) is 27.3 Å². The van der Waals surface area contributed by atoms with E-state index in [9.17, 15) is 0 Å². The molecule has 1 heterocycles. The fraction of sp³-hybridized carbons (Fsp3) is 0.417. The lowest BCUT2D eigenvalue weighted by Gasteiger charge is -2.15. The Balaban J connectivity index is 2.22. The zero-order chi connectivity index (χ0) is 13.1. The molecule has 1 atom stereocenters. The van der Waals surface area contributed by atoms with Crippen LogP contribution < -0.4 is 5.32 Å². The Bertz CT molecular complexity index is 517. The molecule has 5 nitrogen and oxygen atoms in total. The molecule has 0 saturated carbocycles. The average molecular weight is 266 g/mol. The Morgan fingerprint density at radius 3 is 2.72 bits per heavy atom. The van der Waals surface area contributed by atoms with Gasteiger partial charge in [0.05, 0.1) is 7.05 Å². The topological polar surface area (TPSA) is 55.6 Å². The number of halogens is 1. The van der Waals surface area contributed by atoms with Crippen molar-refractivity contribution in [3.05, 3.63) is 40.2 Å². The molecule has 1 aromatic carbocycles. The molecule has 0 saturated heterocycles. The van der Waals surface area contributed by atoms with Gasteiger partial charge in [0.2, 0.25) is 0 Å². The fourth-order valence-electron chi connectivity index (χ4n) is 1.94. The number of nitrogens with zero attached hydrogens (tertiary/aromatic N) is 4. The number of nitrogens with one attached hydrogen (secondary N) is 1. The molecule has 0 aliphatic carbocycles. The van der Waals surface area contributed by atoms with Crippen molar-refractivity contribution in [2.24, 2.45) is 7.05 Å². The van der Waals surface area contributed by atoms with E-state index in [2.05, 4.69) is 26.8 Å². The van der Waals surface area contributed by atoms with Crippen LogP contribution in [0.1, 0.15) is 23.0 Å². The highest BCUT2D eigenvalue weighted by atomic mass is 35.5. The van der Waals surface area contributed by atoms with Crippen molar-refractivity contribution >= 4 is 11.6 Å². The quantitative estimate of drug-likeness (QED) is 0.914. The molecule has 0 amide bonds. The molecule has 2 rings (SSSR count). The Hall–Kier alpha value is -1.46. The third-order valence-electron chi connectivity index (χ3n) is 2.75. The highest BCUT2D eigenvalue weighted by molar-refractivity contribution is 6.30. The van der Waals surface area contributed by atoms with Crippen molar-refractivity contribution in [3.63, 3.8) is 0 Å². The molecule has 0 fully saturated rings. The van der Waals surface area contributed by atoms with E-state index in [0.29, 0.717) is 6.42 Å². The maximum Gasteiger partial charge on any atom is 0.176 e. The first-order valence-electron chi connectivity index (χ1n) is 5.75. The summed E-state index contributed by atoms with van der Waals surface area (Å²) < 4.78 is 0. The van der Waals surface area contributed by atoms with Crippen LogP contribution in [-0.2, 0) is 13.5 Å². The molecule has 0 radical (unpaired) electrons. The monoisotopic (exact) mass is 265 g/mol. The molecule has 0 bridgehead atoms. The van der Waals surface area contributed by atoms with Crippen molar-refractivity contribution in [3.8, 4) is 0 Å². The number of hydrogen-bond acceptors (Lipinski definition) is 4. The maximum atomic E-state index is 6.08. The summed E-state index contributed by atoms with van der Waals surface area (Å²) in [4.78, 5) is 1.46. The minimum absolute atomic E-state index is 0.131. The van der Waals surface area contributed by atoms with Gasteiger partial charge >= 0.3 is 0 Å². The normalized spacial score (nSPS) is 12.7. The van der Waals surface area contributed by atoms with E-state index in [4.69, 9.17) is 11.6 Å². The Kier molecular flexibility index (Phi) is 3.93. The van der Waals surface area contributed by atoms with Crippen molar-refractivity contribution in [2.45, 2.75) is 19.4 Å². The van der Waals surface area contributed by atoms with Crippen LogP contribution in [0.4, 0.5) is 0 Å². The molecule has 2 aromatic rings. The number of tetrazole rings is 1. The lowest BCUT2D eigenvalue weighted by atomic mass is 10.0. The summed E-state index contributed by atoms with van der Waals surface area (Å²) in [5.74, 6) is 0.717. The van der Waals surface area contributed by atoms with Crippen LogP contribution >= 0.6 is 11.6 Å². The predicted molar refractivity (Wildman–Crippen MR) is 70.5 cm³/mol. The summed E-state index contributed by atoms with van der Waals surface area (Å²) in [6.45, 7) is 2.03. The standard InChI is InChI=1S/C12H16ClN5/c1-8-4-9(6-10(13)5-8)11(14-2)7-12-15-17-18(3)16-12/h4-6,11,14H,7H2,1-3H3. The first-order valence-corrected chi connectivity index (χ1v) is 6.13. The fourth-order valence-corrected chi connectivity index (χ4v) is 2.24. The van der Waals surface area contributed by atoms with E-state index >= 15 is 0 Å². The van der Waals surface area contributed by atoms with Gasteiger partial charge in [-0.05, 0) is 42.4 Å². The number of aromatic nitrogens is 4. The second-order valence-electron chi connectivity index (χ2n) is 4.30. The molecule has 1 unspecified atom stereocenters. The van der Waals surface area contributed by atoms with Crippen LogP contribution in [0.5, 0.6) is 0 Å². The SMILES string of the molecule is CNC(Cc1nnn(C)n1)c1cc(C)cc(Cl)c1. The Morgan fingerprint density at radius 2 is 2.17 bits per heavy atom. The summed E-state index contributed by atoms with van der Waals surface area (Å²) in [5, 5.41) is 16.0. The number of aryl methyl sites for hydroxylation is 2. The van der Waals surface area contributed by atoms with Crippen molar-refractivity contribution in [1.29, 1.82) is 0 Å². The molecule has 96 valence electrons. The van der Waals surface area contributed by atoms with Gasteiger partial charge in [0.15, 0.2) is 5.82 Å². The highest BCUT2D eigenvalue weighted by Crippen LogP contribution is 2.22. The molecule has 1 aromatic heterocycles. The first-order chi connectivity index (χ1) is 8.58. The molecule has 0 spiro atoms. The smallest absolute Gasteiger partial charge is 0.176 e. The lowest BCUT2D eigenvalue weighted by molar-refractivity contribution is 0.570. The van der Waals surface area contributed by atoms with Crippen LogP contribution in [0.3, 0.4) is 0 Å². The third-order valence-corrected chi connectivity index (χ3v) is 2.97. The van der Waals surface area contributed by atoms with Crippen LogP contribution in [0, 0.1) is 6.92 Å². The van der Waals surface area contributed by atoms with Crippen LogP contribution in [0.2, 0.25) is 5.02 Å². The second kappa shape index (κ2) is 5.46. The first kappa shape index (κ1) is 13.0. The predicted octanol–water partition coefficient (Wildman–Crippen LogP) is 1.68. The van der Waals surface area contributed by atoms with E-state index in [1.807, 2.05) is 26.1 Å². The van der Waals surface area contributed by atoms with Gasteiger partial charge in [-0.2, -0.15) is 4.80 Å². The zero-order valence-electron chi connectivity index (χ0n) is 10.7. The van der Waals surface area contributed by atoms with Crippen LogP contribution in [0.15, 0.2) is 18.2 Å². The van der Waals surface area contributed by atoms with E-state index in [0.717, 1.165) is 22.0 Å². The zero-order valence-corrected chi connectivity index (χ0v) is 11.4. The summed E-state index contributed by atoms with van der Waals surface area (Å²) in [5.41, 5.74) is 2.28. The average Bonchev–Trinajstić information content (AvgIpc) is 2.70. The van der Waals surface area contributed by atoms with E-state index < -0.39 is 0 Å². The highest BCUT2D eigenvalue weighted by Gasteiger charge is 2.14. The second-order valence-corrected chi connectivity index (χ2v) is 4.74. The van der Waals surface area contributed by atoms with Crippen molar-refractivity contribution in [2.75, 3.05) is 7.05 Å². The summed E-state index contributed by atoms with van der Waals surface area (Å²) in [6.07, 6.45) is 0.685. The van der Waals surface area contributed by atoms with Gasteiger partial charge in [0, 0.05) is 17.5 Å². The van der Waals surface area contributed by atoms with Gasteiger partial charge in [0.1, 0.15) is 0 Å². The number of likely N-dealkylation sites (N-methyl/N-ethyl adjacent to an activating group) is 1.